The zero-order valence-electron chi connectivity index (χ0n) is 14.6. The van der Waals surface area contributed by atoms with Crippen molar-refractivity contribution in [2.75, 3.05) is 26.8 Å². The number of carbonyl (C=O) groups excluding carboxylic acids is 1. The first-order valence-corrected chi connectivity index (χ1v) is 8.28. The van der Waals surface area contributed by atoms with Gasteiger partial charge in [0.25, 0.3) is 5.91 Å². The van der Waals surface area contributed by atoms with Gasteiger partial charge in [0.1, 0.15) is 11.5 Å². The third-order valence-corrected chi connectivity index (χ3v) is 3.81. The summed E-state index contributed by atoms with van der Waals surface area (Å²) in [6.45, 7) is 5.81. The molecule has 0 saturated heterocycles. The zero-order valence-corrected chi connectivity index (χ0v) is 14.6. The van der Waals surface area contributed by atoms with Crippen molar-refractivity contribution in [3.05, 3.63) is 59.7 Å². The molecule has 0 atom stereocenters. The van der Waals surface area contributed by atoms with Gasteiger partial charge in [-0.15, -0.1) is 0 Å². The van der Waals surface area contributed by atoms with Gasteiger partial charge in [0.15, 0.2) is 0 Å². The maximum Gasteiger partial charge on any atom is 0.253 e. The van der Waals surface area contributed by atoms with Gasteiger partial charge in [0, 0.05) is 25.6 Å². The highest BCUT2D eigenvalue weighted by molar-refractivity contribution is 5.94. The largest absolute Gasteiger partial charge is 0.493 e. The molecule has 0 aliphatic carbocycles. The van der Waals surface area contributed by atoms with Gasteiger partial charge in [-0.1, -0.05) is 24.3 Å². The Bertz CT molecular complexity index is 669. The fraction of sp³-hybridized carbons (Fsp3) is 0.350. The smallest absolute Gasteiger partial charge is 0.253 e. The molecule has 2 aromatic rings. The topological polar surface area (TPSA) is 38.8 Å². The molecule has 0 saturated carbocycles. The number of hydrogen-bond acceptors (Lipinski definition) is 3. The molecule has 0 N–H and O–H groups in total. The van der Waals surface area contributed by atoms with Gasteiger partial charge in [-0.25, -0.2) is 0 Å². The van der Waals surface area contributed by atoms with Crippen molar-refractivity contribution in [2.45, 2.75) is 20.3 Å². The summed E-state index contributed by atoms with van der Waals surface area (Å²) in [6.07, 6.45) is 0.779. The standard InChI is InChI=1S/C20H25NO3/c1-4-21(3)20(22)17-10-7-11-18(15-17)23-13-8-14-24-19-12-6-5-9-16(19)2/h5-7,9-12,15H,4,8,13-14H2,1-3H3. The number of carbonyl (C=O) groups is 1. The lowest BCUT2D eigenvalue weighted by molar-refractivity contribution is 0.0802. The van der Waals surface area contributed by atoms with Crippen molar-refractivity contribution in [3.63, 3.8) is 0 Å². The molecule has 0 spiro atoms. The Kier molecular flexibility index (Phi) is 6.67. The number of nitrogens with zero attached hydrogens (tertiary/aromatic N) is 1. The maximum atomic E-state index is 12.1. The van der Waals surface area contributed by atoms with Crippen molar-refractivity contribution in [1.29, 1.82) is 0 Å². The molecule has 0 unspecified atom stereocenters. The Labute approximate surface area is 144 Å². The minimum absolute atomic E-state index is 0.00540. The molecule has 0 heterocycles. The van der Waals surface area contributed by atoms with E-state index in [1.807, 2.05) is 56.3 Å². The molecule has 0 aliphatic heterocycles. The molecule has 2 rings (SSSR count). The summed E-state index contributed by atoms with van der Waals surface area (Å²) in [5.41, 5.74) is 1.78. The van der Waals surface area contributed by atoms with Crippen LogP contribution in [-0.2, 0) is 0 Å². The average Bonchev–Trinajstić information content (AvgIpc) is 2.62. The number of para-hydroxylation sites is 1. The molecule has 0 fully saturated rings. The predicted octanol–water partition coefficient (Wildman–Crippen LogP) is 3.93. The Hall–Kier alpha value is -2.49. The van der Waals surface area contributed by atoms with E-state index < -0.39 is 0 Å². The number of benzene rings is 2. The molecule has 4 nitrogen and oxygen atoms in total. The summed E-state index contributed by atoms with van der Waals surface area (Å²) in [5.74, 6) is 1.62. The van der Waals surface area contributed by atoms with E-state index in [1.54, 1.807) is 18.0 Å². The molecule has 1 amide bonds. The SMILES string of the molecule is CCN(C)C(=O)c1cccc(OCCCOc2ccccc2C)c1. The number of rotatable bonds is 8. The second-order valence-corrected chi connectivity index (χ2v) is 5.66. The number of ether oxygens (including phenoxy) is 2. The first-order valence-electron chi connectivity index (χ1n) is 8.28. The maximum absolute atomic E-state index is 12.1. The Morgan fingerprint density at radius 3 is 2.54 bits per heavy atom. The van der Waals surface area contributed by atoms with Crippen LogP contribution in [0.2, 0.25) is 0 Å². The van der Waals surface area contributed by atoms with Crippen LogP contribution in [0.1, 0.15) is 29.3 Å². The van der Waals surface area contributed by atoms with Gasteiger partial charge in [-0.3, -0.25) is 4.79 Å². The molecular formula is C20H25NO3. The van der Waals surface area contributed by atoms with Crippen molar-refractivity contribution in [1.82, 2.24) is 4.90 Å². The van der Waals surface area contributed by atoms with Crippen LogP contribution in [-0.4, -0.2) is 37.6 Å². The highest BCUT2D eigenvalue weighted by Crippen LogP contribution is 2.17. The average molecular weight is 327 g/mol. The van der Waals surface area contributed by atoms with Crippen LogP contribution in [0.25, 0.3) is 0 Å². The van der Waals surface area contributed by atoms with Crippen LogP contribution in [0.3, 0.4) is 0 Å². The Balaban J connectivity index is 1.78. The van der Waals surface area contributed by atoms with Crippen LogP contribution in [0, 0.1) is 6.92 Å². The summed E-state index contributed by atoms with van der Waals surface area (Å²) < 4.78 is 11.5. The molecule has 0 aliphatic rings. The Morgan fingerprint density at radius 1 is 1.04 bits per heavy atom. The summed E-state index contributed by atoms with van der Waals surface area (Å²) in [4.78, 5) is 13.8. The van der Waals surface area contributed by atoms with E-state index in [2.05, 4.69) is 0 Å². The van der Waals surface area contributed by atoms with Crippen LogP contribution in [0.5, 0.6) is 11.5 Å². The number of aryl methyl sites for hydroxylation is 1. The lowest BCUT2D eigenvalue weighted by atomic mass is 10.2. The summed E-state index contributed by atoms with van der Waals surface area (Å²) in [7, 11) is 1.79. The van der Waals surface area contributed by atoms with Crippen LogP contribution < -0.4 is 9.47 Å². The van der Waals surface area contributed by atoms with Crippen molar-refractivity contribution >= 4 is 5.91 Å². The van der Waals surface area contributed by atoms with Crippen molar-refractivity contribution in [3.8, 4) is 11.5 Å². The second kappa shape index (κ2) is 8.96. The first kappa shape index (κ1) is 17.9. The highest BCUT2D eigenvalue weighted by atomic mass is 16.5. The van der Waals surface area contributed by atoms with E-state index in [9.17, 15) is 4.79 Å². The molecule has 128 valence electrons. The van der Waals surface area contributed by atoms with Crippen molar-refractivity contribution in [2.24, 2.45) is 0 Å². The molecule has 0 radical (unpaired) electrons. The van der Waals surface area contributed by atoms with E-state index in [4.69, 9.17) is 9.47 Å². The van der Waals surface area contributed by atoms with Gasteiger partial charge >= 0.3 is 0 Å². The fourth-order valence-electron chi connectivity index (χ4n) is 2.23. The van der Waals surface area contributed by atoms with Crippen molar-refractivity contribution < 1.29 is 14.3 Å². The normalized spacial score (nSPS) is 10.3. The summed E-state index contributed by atoms with van der Waals surface area (Å²) in [6, 6.07) is 15.3. The van der Waals surface area contributed by atoms with Crippen LogP contribution in [0.15, 0.2) is 48.5 Å². The highest BCUT2D eigenvalue weighted by Gasteiger charge is 2.10. The number of amides is 1. The van der Waals surface area contributed by atoms with E-state index >= 15 is 0 Å². The van der Waals surface area contributed by atoms with Crippen LogP contribution in [0.4, 0.5) is 0 Å². The first-order chi connectivity index (χ1) is 11.6. The third-order valence-electron chi connectivity index (χ3n) is 3.81. The predicted molar refractivity (Wildman–Crippen MR) is 95.9 cm³/mol. The van der Waals surface area contributed by atoms with Gasteiger partial charge in [-0.2, -0.15) is 0 Å². The molecule has 0 bridgehead atoms. The Morgan fingerprint density at radius 2 is 1.79 bits per heavy atom. The molecule has 0 aromatic heterocycles. The monoisotopic (exact) mass is 327 g/mol. The lowest BCUT2D eigenvalue weighted by Crippen LogP contribution is -2.26. The van der Waals surface area contributed by atoms with E-state index in [0.29, 0.717) is 31.1 Å². The quantitative estimate of drug-likeness (QED) is 0.690. The minimum Gasteiger partial charge on any atom is -0.493 e. The van der Waals surface area contributed by atoms with Gasteiger partial charge in [0.2, 0.25) is 0 Å². The summed E-state index contributed by atoms with van der Waals surface area (Å²) >= 11 is 0. The van der Waals surface area contributed by atoms with Gasteiger partial charge < -0.3 is 14.4 Å². The van der Waals surface area contributed by atoms with Gasteiger partial charge in [-0.05, 0) is 43.7 Å². The minimum atomic E-state index is 0.00540. The number of hydrogen-bond donors (Lipinski definition) is 0. The van der Waals surface area contributed by atoms with Gasteiger partial charge in [0.05, 0.1) is 13.2 Å². The van der Waals surface area contributed by atoms with E-state index in [-0.39, 0.29) is 5.91 Å². The van der Waals surface area contributed by atoms with E-state index in [1.165, 1.54) is 0 Å². The summed E-state index contributed by atoms with van der Waals surface area (Å²) in [5, 5.41) is 0. The van der Waals surface area contributed by atoms with E-state index in [0.717, 1.165) is 17.7 Å². The van der Waals surface area contributed by atoms with Crippen LogP contribution >= 0.6 is 0 Å². The lowest BCUT2D eigenvalue weighted by Gasteiger charge is -2.15. The molecular weight excluding hydrogens is 302 g/mol. The second-order valence-electron chi connectivity index (χ2n) is 5.66. The fourth-order valence-corrected chi connectivity index (χ4v) is 2.23. The molecule has 4 heteroatoms. The third kappa shape index (κ3) is 5.01. The molecule has 2 aromatic carbocycles. The molecule has 24 heavy (non-hydrogen) atoms. The zero-order chi connectivity index (χ0) is 17.4.